The van der Waals surface area contributed by atoms with Crippen LogP contribution in [0, 0.1) is 6.92 Å². The minimum atomic E-state index is -4.60. The second-order valence-corrected chi connectivity index (χ2v) is 4.84. The van der Waals surface area contributed by atoms with Crippen LogP contribution < -0.4 is 0 Å². The van der Waals surface area contributed by atoms with E-state index in [1.807, 2.05) is 0 Å². The summed E-state index contributed by atoms with van der Waals surface area (Å²) in [4.78, 5) is 12.0. The van der Waals surface area contributed by atoms with E-state index in [-0.39, 0.29) is 10.2 Å². The summed E-state index contributed by atoms with van der Waals surface area (Å²) in [6, 6.07) is 6.29. The summed E-state index contributed by atoms with van der Waals surface area (Å²) in [5, 5.41) is 0. The zero-order chi connectivity index (χ0) is 14.2. The van der Waals surface area contributed by atoms with Gasteiger partial charge in [0.2, 0.25) is 5.78 Å². The Hall–Kier alpha value is -1.56. The zero-order valence-corrected chi connectivity index (χ0v) is 11.3. The van der Waals surface area contributed by atoms with E-state index >= 15 is 0 Å². The van der Waals surface area contributed by atoms with Crippen molar-refractivity contribution in [3.63, 3.8) is 0 Å². The quantitative estimate of drug-likeness (QED) is 0.752. The third-order valence-electron chi connectivity index (χ3n) is 2.50. The highest BCUT2D eigenvalue weighted by Crippen LogP contribution is 2.34. The number of aryl methyl sites for hydroxylation is 1. The molecule has 0 saturated carbocycles. The first-order valence-electron chi connectivity index (χ1n) is 5.27. The molecule has 0 saturated heterocycles. The van der Waals surface area contributed by atoms with Crippen LogP contribution in [-0.4, -0.2) is 5.78 Å². The van der Waals surface area contributed by atoms with Crippen molar-refractivity contribution in [1.29, 1.82) is 0 Å². The maximum absolute atomic E-state index is 12.9. The molecule has 100 valence electrons. The van der Waals surface area contributed by atoms with Gasteiger partial charge in [0, 0.05) is 10.0 Å². The average Bonchev–Trinajstić information content (AvgIpc) is 2.74. The standard InChI is InChI=1S/C13H8BrF3O2/c1-7-2-5-11(19-7)12(18)9-4-3-8(14)6-10(9)13(15,16)17/h2-6H,1H3. The molecular weight excluding hydrogens is 325 g/mol. The molecule has 0 aliphatic heterocycles. The fraction of sp³-hybridized carbons (Fsp3) is 0.154. The van der Waals surface area contributed by atoms with E-state index in [4.69, 9.17) is 4.42 Å². The van der Waals surface area contributed by atoms with Crippen molar-refractivity contribution in [2.75, 3.05) is 0 Å². The van der Waals surface area contributed by atoms with Gasteiger partial charge in [-0.05, 0) is 37.3 Å². The molecular formula is C13H8BrF3O2. The topological polar surface area (TPSA) is 30.2 Å². The largest absolute Gasteiger partial charge is 0.458 e. The molecule has 0 aliphatic carbocycles. The van der Waals surface area contributed by atoms with E-state index in [0.717, 1.165) is 12.1 Å². The lowest BCUT2D eigenvalue weighted by Gasteiger charge is -2.11. The van der Waals surface area contributed by atoms with Crippen LogP contribution in [0.3, 0.4) is 0 Å². The number of hydrogen-bond acceptors (Lipinski definition) is 2. The lowest BCUT2D eigenvalue weighted by Crippen LogP contribution is -2.13. The van der Waals surface area contributed by atoms with Crippen LogP contribution >= 0.6 is 15.9 Å². The van der Waals surface area contributed by atoms with Gasteiger partial charge >= 0.3 is 6.18 Å². The molecule has 1 aromatic carbocycles. The van der Waals surface area contributed by atoms with Crippen LogP contribution in [0.4, 0.5) is 13.2 Å². The molecule has 0 fully saturated rings. The highest BCUT2D eigenvalue weighted by atomic mass is 79.9. The molecule has 2 rings (SSSR count). The third kappa shape index (κ3) is 2.89. The molecule has 2 aromatic rings. The SMILES string of the molecule is Cc1ccc(C(=O)c2ccc(Br)cc2C(F)(F)F)o1. The number of hydrogen-bond donors (Lipinski definition) is 0. The number of rotatable bonds is 2. The van der Waals surface area contributed by atoms with Gasteiger partial charge in [-0.3, -0.25) is 4.79 Å². The van der Waals surface area contributed by atoms with E-state index in [1.54, 1.807) is 6.92 Å². The predicted molar refractivity (Wildman–Crippen MR) is 66.0 cm³/mol. The Morgan fingerprint density at radius 3 is 2.42 bits per heavy atom. The summed E-state index contributed by atoms with van der Waals surface area (Å²) in [7, 11) is 0. The normalized spacial score (nSPS) is 11.6. The molecule has 0 unspecified atom stereocenters. The second-order valence-electron chi connectivity index (χ2n) is 3.93. The molecule has 0 spiro atoms. The number of halogens is 4. The molecule has 0 radical (unpaired) electrons. The van der Waals surface area contributed by atoms with E-state index in [0.29, 0.717) is 5.76 Å². The lowest BCUT2D eigenvalue weighted by molar-refractivity contribution is -0.137. The molecule has 1 aromatic heterocycles. The van der Waals surface area contributed by atoms with E-state index in [2.05, 4.69) is 15.9 Å². The van der Waals surface area contributed by atoms with Crippen LogP contribution in [0.5, 0.6) is 0 Å². The van der Waals surface area contributed by atoms with Crippen molar-refractivity contribution in [3.05, 3.63) is 57.5 Å². The number of ketones is 1. The molecule has 2 nitrogen and oxygen atoms in total. The van der Waals surface area contributed by atoms with Gasteiger partial charge in [0.15, 0.2) is 5.76 Å². The van der Waals surface area contributed by atoms with Crippen LogP contribution in [-0.2, 0) is 6.18 Å². The van der Waals surface area contributed by atoms with E-state index < -0.39 is 23.1 Å². The zero-order valence-electron chi connectivity index (χ0n) is 9.72. The summed E-state index contributed by atoms with van der Waals surface area (Å²) in [5.74, 6) is -0.424. The van der Waals surface area contributed by atoms with Gasteiger partial charge < -0.3 is 4.42 Å². The number of carbonyl (C=O) groups is 1. The highest BCUT2D eigenvalue weighted by molar-refractivity contribution is 9.10. The Kier molecular flexibility index (Phi) is 3.54. The predicted octanol–water partition coefficient (Wildman–Crippen LogP) is 4.60. The highest BCUT2D eigenvalue weighted by Gasteiger charge is 2.36. The van der Waals surface area contributed by atoms with Crippen molar-refractivity contribution >= 4 is 21.7 Å². The number of carbonyl (C=O) groups excluding carboxylic acids is 1. The summed E-state index contributed by atoms with van der Waals surface area (Å²) in [6.07, 6.45) is -4.60. The molecule has 19 heavy (non-hydrogen) atoms. The van der Waals surface area contributed by atoms with Crippen LogP contribution in [0.25, 0.3) is 0 Å². The smallest absolute Gasteiger partial charge is 0.417 e. The summed E-state index contributed by atoms with van der Waals surface area (Å²) >= 11 is 2.96. The lowest BCUT2D eigenvalue weighted by atomic mass is 10.0. The maximum Gasteiger partial charge on any atom is 0.417 e. The van der Waals surface area contributed by atoms with Crippen LogP contribution in [0.15, 0.2) is 39.2 Å². The summed E-state index contributed by atoms with van der Waals surface area (Å²) < 4.78 is 44.0. The Morgan fingerprint density at radius 1 is 1.21 bits per heavy atom. The fourth-order valence-corrected chi connectivity index (χ4v) is 2.00. The van der Waals surface area contributed by atoms with E-state index in [9.17, 15) is 18.0 Å². The molecule has 0 N–H and O–H groups in total. The van der Waals surface area contributed by atoms with E-state index in [1.165, 1.54) is 18.2 Å². The Labute approximate surface area is 115 Å². The third-order valence-corrected chi connectivity index (χ3v) is 2.99. The Balaban J connectivity index is 2.53. The number of furan rings is 1. The molecule has 1 heterocycles. The van der Waals surface area contributed by atoms with Gasteiger partial charge in [0.1, 0.15) is 5.76 Å². The average molecular weight is 333 g/mol. The molecule has 6 heteroatoms. The molecule has 0 amide bonds. The molecule has 0 atom stereocenters. The minimum absolute atomic E-state index is 0.106. The molecule has 0 bridgehead atoms. The second kappa shape index (κ2) is 4.85. The first kappa shape index (κ1) is 13.9. The number of benzene rings is 1. The Morgan fingerprint density at radius 2 is 1.89 bits per heavy atom. The molecule has 0 aliphatic rings. The summed E-state index contributed by atoms with van der Waals surface area (Å²) in [5.41, 5.74) is -1.41. The van der Waals surface area contributed by atoms with Gasteiger partial charge in [-0.1, -0.05) is 15.9 Å². The van der Waals surface area contributed by atoms with Gasteiger partial charge in [0.25, 0.3) is 0 Å². The monoisotopic (exact) mass is 332 g/mol. The minimum Gasteiger partial charge on any atom is -0.458 e. The van der Waals surface area contributed by atoms with Crippen molar-refractivity contribution in [2.24, 2.45) is 0 Å². The van der Waals surface area contributed by atoms with Gasteiger partial charge in [0.05, 0.1) is 5.56 Å². The van der Waals surface area contributed by atoms with Crippen LogP contribution in [0.2, 0.25) is 0 Å². The van der Waals surface area contributed by atoms with Crippen molar-refractivity contribution < 1.29 is 22.4 Å². The van der Waals surface area contributed by atoms with Gasteiger partial charge in [-0.15, -0.1) is 0 Å². The van der Waals surface area contributed by atoms with Gasteiger partial charge in [-0.2, -0.15) is 13.2 Å². The van der Waals surface area contributed by atoms with Crippen molar-refractivity contribution in [2.45, 2.75) is 13.1 Å². The first-order chi connectivity index (χ1) is 8.79. The first-order valence-corrected chi connectivity index (χ1v) is 6.06. The Bertz CT molecular complexity index is 629. The number of alkyl halides is 3. The maximum atomic E-state index is 12.9. The summed E-state index contributed by atoms with van der Waals surface area (Å²) in [6.45, 7) is 1.61. The fourth-order valence-electron chi connectivity index (χ4n) is 1.64. The van der Waals surface area contributed by atoms with Gasteiger partial charge in [-0.25, -0.2) is 0 Å². The van der Waals surface area contributed by atoms with Crippen molar-refractivity contribution in [3.8, 4) is 0 Å². The van der Waals surface area contributed by atoms with Crippen molar-refractivity contribution in [1.82, 2.24) is 0 Å². The van der Waals surface area contributed by atoms with Crippen LogP contribution in [0.1, 0.15) is 27.4 Å².